The first kappa shape index (κ1) is 22.7. The molecular formula is C26H34N6O. The number of ketones is 1. The molecular weight excluding hydrogens is 412 g/mol. The van der Waals surface area contributed by atoms with Crippen molar-refractivity contribution in [2.45, 2.75) is 19.8 Å². The van der Waals surface area contributed by atoms with Gasteiger partial charge in [0.25, 0.3) is 0 Å². The Bertz CT molecular complexity index is 975. The first-order valence-corrected chi connectivity index (χ1v) is 11.8. The van der Waals surface area contributed by atoms with E-state index >= 15 is 0 Å². The van der Waals surface area contributed by atoms with Gasteiger partial charge >= 0.3 is 0 Å². The molecule has 0 aromatic heterocycles. The number of rotatable bonds is 9. The third kappa shape index (κ3) is 6.06. The summed E-state index contributed by atoms with van der Waals surface area (Å²) < 4.78 is 0. The number of piperazine rings is 1. The average Bonchev–Trinajstić information content (AvgIpc) is 3.37. The summed E-state index contributed by atoms with van der Waals surface area (Å²) in [6, 6.07) is 16.3. The Morgan fingerprint density at radius 2 is 1.79 bits per heavy atom. The lowest BCUT2D eigenvalue weighted by Crippen LogP contribution is -2.47. The second-order valence-electron chi connectivity index (χ2n) is 8.40. The van der Waals surface area contributed by atoms with Crippen molar-refractivity contribution >= 4 is 23.1 Å². The van der Waals surface area contributed by atoms with Crippen LogP contribution in [0.1, 0.15) is 29.3 Å². The van der Waals surface area contributed by atoms with Crippen LogP contribution in [0.15, 0.2) is 65.9 Å². The van der Waals surface area contributed by atoms with E-state index in [-0.39, 0.29) is 5.78 Å². The van der Waals surface area contributed by atoms with E-state index < -0.39 is 0 Å². The van der Waals surface area contributed by atoms with Crippen LogP contribution in [0.2, 0.25) is 0 Å². The van der Waals surface area contributed by atoms with Gasteiger partial charge in [-0.05, 0) is 55.3 Å². The summed E-state index contributed by atoms with van der Waals surface area (Å²) in [5.41, 5.74) is 4.11. The molecule has 2 aromatic rings. The van der Waals surface area contributed by atoms with E-state index in [2.05, 4.69) is 68.5 Å². The van der Waals surface area contributed by atoms with Crippen molar-refractivity contribution in [1.82, 2.24) is 15.5 Å². The number of carbonyl (C=O) groups excluding carboxylic acids is 1. The summed E-state index contributed by atoms with van der Waals surface area (Å²) in [7, 11) is 0. The molecule has 0 unspecified atom stereocenters. The van der Waals surface area contributed by atoms with Crippen LogP contribution in [0.5, 0.6) is 0 Å². The molecule has 2 heterocycles. The molecule has 1 fully saturated rings. The highest BCUT2D eigenvalue weighted by molar-refractivity contribution is 5.96. The summed E-state index contributed by atoms with van der Waals surface area (Å²) in [4.78, 5) is 21.7. The Morgan fingerprint density at radius 3 is 2.42 bits per heavy atom. The number of guanidine groups is 1. The van der Waals surface area contributed by atoms with E-state index in [4.69, 9.17) is 0 Å². The van der Waals surface area contributed by atoms with E-state index in [0.717, 1.165) is 80.8 Å². The molecule has 1 saturated heterocycles. The molecule has 2 aromatic carbocycles. The van der Waals surface area contributed by atoms with Crippen LogP contribution >= 0.6 is 0 Å². The van der Waals surface area contributed by atoms with Gasteiger partial charge in [0.1, 0.15) is 0 Å². The van der Waals surface area contributed by atoms with Crippen molar-refractivity contribution in [3.63, 3.8) is 0 Å². The Labute approximate surface area is 196 Å². The fraction of sp³-hybridized carbons (Fsp3) is 0.385. The zero-order chi connectivity index (χ0) is 23.0. The number of anilines is 2. The number of nitrogens with one attached hydrogen (secondary N) is 3. The largest absolute Gasteiger partial charge is 0.373 e. The molecule has 2 aliphatic heterocycles. The average molecular weight is 447 g/mol. The standard InChI is InChI=1S/C26H34N6O/c1-3-27-20(2)31-16-18-32(19-17-31)24-11-7-22(8-12-24)25(33)13-6-21-4-9-23(10-5-21)30-26-28-14-15-29-26/h4-5,7-12,27H,2-3,6,13-19H2,1H3,(H2,28,29,30). The van der Waals surface area contributed by atoms with E-state index in [0.29, 0.717) is 6.42 Å². The van der Waals surface area contributed by atoms with Gasteiger partial charge in [0, 0.05) is 62.6 Å². The maximum atomic E-state index is 12.7. The molecule has 7 heteroatoms. The van der Waals surface area contributed by atoms with Gasteiger partial charge in [-0.2, -0.15) is 0 Å². The number of carbonyl (C=O) groups is 1. The highest BCUT2D eigenvalue weighted by Crippen LogP contribution is 2.20. The maximum Gasteiger partial charge on any atom is 0.195 e. The minimum Gasteiger partial charge on any atom is -0.373 e. The van der Waals surface area contributed by atoms with Gasteiger partial charge < -0.3 is 25.8 Å². The summed E-state index contributed by atoms with van der Waals surface area (Å²) >= 11 is 0. The van der Waals surface area contributed by atoms with Crippen molar-refractivity contribution in [3.05, 3.63) is 72.1 Å². The molecule has 0 bridgehead atoms. The van der Waals surface area contributed by atoms with Gasteiger partial charge in [0.2, 0.25) is 0 Å². The molecule has 33 heavy (non-hydrogen) atoms. The van der Waals surface area contributed by atoms with Crippen molar-refractivity contribution in [2.75, 3.05) is 56.0 Å². The summed E-state index contributed by atoms with van der Waals surface area (Å²) in [5, 5.41) is 9.75. The molecule has 0 spiro atoms. The summed E-state index contributed by atoms with van der Waals surface area (Å²) in [5.74, 6) is 2.01. The van der Waals surface area contributed by atoms with Crippen LogP contribution in [0.3, 0.4) is 0 Å². The summed E-state index contributed by atoms with van der Waals surface area (Å²) in [6.07, 6.45) is 1.24. The number of aryl methyl sites for hydroxylation is 1. The molecule has 7 nitrogen and oxygen atoms in total. The second kappa shape index (κ2) is 10.9. The van der Waals surface area contributed by atoms with E-state index in [9.17, 15) is 4.79 Å². The van der Waals surface area contributed by atoms with Crippen molar-refractivity contribution in [3.8, 4) is 0 Å². The monoisotopic (exact) mass is 446 g/mol. The molecule has 0 atom stereocenters. The number of hydrogen-bond acceptors (Lipinski definition) is 7. The molecule has 0 amide bonds. The van der Waals surface area contributed by atoms with E-state index in [1.807, 2.05) is 24.3 Å². The van der Waals surface area contributed by atoms with Crippen molar-refractivity contribution in [2.24, 2.45) is 4.99 Å². The molecule has 2 aliphatic rings. The molecule has 3 N–H and O–H groups in total. The zero-order valence-electron chi connectivity index (χ0n) is 19.4. The van der Waals surface area contributed by atoms with Gasteiger partial charge in [-0.15, -0.1) is 0 Å². The highest BCUT2D eigenvalue weighted by Gasteiger charge is 2.18. The molecule has 0 aliphatic carbocycles. The van der Waals surface area contributed by atoms with Crippen LogP contribution in [0, 0.1) is 0 Å². The van der Waals surface area contributed by atoms with Crippen molar-refractivity contribution < 1.29 is 4.79 Å². The molecule has 4 rings (SSSR count). The topological polar surface area (TPSA) is 72.0 Å². The van der Waals surface area contributed by atoms with E-state index in [1.54, 1.807) is 0 Å². The minimum absolute atomic E-state index is 0.181. The number of benzene rings is 2. The van der Waals surface area contributed by atoms with Gasteiger partial charge in [-0.1, -0.05) is 18.7 Å². The first-order valence-electron chi connectivity index (χ1n) is 11.8. The quantitative estimate of drug-likeness (QED) is 0.514. The van der Waals surface area contributed by atoms with Gasteiger partial charge in [0.15, 0.2) is 11.7 Å². The third-order valence-electron chi connectivity index (χ3n) is 6.13. The second-order valence-corrected chi connectivity index (χ2v) is 8.40. The Balaban J connectivity index is 1.24. The number of hydrogen-bond donors (Lipinski definition) is 3. The highest BCUT2D eigenvalue weighted by atomic mass is 16.1. The molecule has 0 radical (unpaired) electrons. The number of aliphatic imine (C=N–C) groups is 1. The lowest BCUT2D eigenvalue weighted by atomic mass is 10.0. The minimum atomic E-state index is 0.181. The smallest absolute Gasteiger partial charge is 0.195 e. The normalized spacial score (nSPS) is 15.6. The van der Waals surface area contributed by atoms with Crippen LogP contribution < -0.4 is 20.9 Å². The SMILES string of the molecule is C=C(NCC)N1CCN(c2ccc(C(=O)CCc3ccc(NC4=NCCN4)cc3)cc2)CC1. The maximum absolute atomic E-state index is 12.7. The van der Waals surface area contributed by atoms with Gasteiger partial charge in [0.05, 0.1) is 12.4 Å². The zero-order valence-corrected chi connectivity index (χ0v) is 19.4. The van der Waals surface area contributed by atoms with Gasteiger partial charge in [-0.25, -0.2) is 0 Å². The number of nitrogens with zero attached hydrogens (tertiary/aromatic N) is 3. The Hall–Kier alpha value is -3.48. The predicted molar refractivity (Wildman–Crippen MR) is 136 cm³/mol. The van der Waals surface area contributed by atoms with Crippen LogP contribution in [0.25, 0.3) is 0 Å². The van der Waals surface area contributed by atoms with Crippen molar-refractivity contribution in [1.29, 1.82) is 0 Å². The van der Waals surface area contributed by atoms with E-state index in [1.165, 1.54) is 5.69 Å². The molecule has 174 valence electrons. The predicted octanol–water partition coefficient (Wildman–Crippen LogP) is 3.08. The lowest BCUT2D eigenvalue weighted by molar-refractivity contribution is 0.0983. The number of Topliss-reactive ketones (excluding diaryl/α,β-unsaturated/α-hetero) is 1. The summed E-state index contributed by atoms with van der Waals surface area (Å²) in [6.45, 7) is 12.6. The van der Waals surface area contributed by atoms with Gasteiger partial charge in [-0.3, -0.25) is 9.79 Å². The van der Waals surface area contributed by atoms with Crippen LogP contribution in [-0.4, -0.2) is 62.5 Å². The lowest BCUT2D eigenvalue weighted by Gasteiger charge is -2.38. The van der Waals surface area contributed by atoms with Crippen LogP contribution in [-0.2, 0) is 6.42 Å². The Morgan fingerprint density at radius 1 is 1.06 bits per heavy atom. The van der Waals surface area contributed by atoms with Crippen LogP contribution in [0.4, 0.5) is 11.4 Å². The Kier molecular flexibility index (Phi) is 7.50. The third-order valence-corrected chi connectivity index (χ3v) is 6.13. The first-order chi connectivity index (χ1) is 16.1. The fourth-order valence-corrected chi connectivity index (χ4v) is 4.18. The molecule has 0 saturated carbocycles. The fourth-order valence-electron chi connectivity index (χ4n) is 4.18.